The van der Waals surface area contributed by atoms with Crippen LogP contribution in [-0.2, 0) is 11.2 Å². The standard InChI is InChI=1S/C19H33N3O2/c1-4-6-15-24-16-7-13-21-19(20-5-2)22-14-12-17-8-10-18(23-3)11-9-17/h8-11H,4-7,12-16H2,1-3H3,(H2,20,21,22). The number of methoxy groups -OCH3 is 1. The van der Waals surface area contributed by atoms with E-state index in [2.05, 4.69) is 41.6 Å². The summed E-state index contributed by atoms with van der Waals surface area (Å²) in [5, 5.41) is 6.65. The van der Waals surface area contributed by atoms with Gasteiger partial charge in [-0.05, 0) is 43.9 Å². The minimum absolute atomic E-state index is 0.782. The smallest absolute Gasteiger partial charge is 0.191 e. The number of nitrogens with zero attached hydrogens (tertiary/aromatic N) is 1. The highest BCUT2D eigenvalue weighted by atomic mass is 16.5. The molecule has 1 rings (SSSR count). The van der Waals surface area contributed by atoms with E-state index in [0.29, 0.717) is 0 Å². The average molecular weight is 335 g/mol. The molecule has 5 nitrogen and oxygen atoms in total. The Kier molecular flexibility index (Phi) is 11.6. The molecule has 0 atom stereocenters. The van der Waals surface area contributed by atoms with Crippen LogP contribution in [0.25, 0.3) is 0 Å². The molecule has 0 heterocycles. The molecule has 1 aromatic carbocycles. The van der Waals surface area contributed by atoms with Crippen molar-refractivity contribution in [2.24, 2.45) is 4.99 Å². The summed E-state index contributed by atoms with van der Waals surface area (Å²) >= 11 is 0. The number of unbranched alkanes of at least 4 members (excludes halogenated alkanes) is 1. The number of hydrogen-bond acceptors (Lipinski definition) is 3. The van der Waals surface area contributed by atoms with Gasteiger partial charge in [0.05, 0.1) is 7.11 Å². The van der Waals surface area contributed by atoms with E-state index in [-0.39, 0.29) is 0 Å². The van der Waals surface area contributed by atoms with E-state index < -0.39 is 0 Å². The van der Waals surface area contributed by atoms with Gasteiger partial charge in [0.2, 0.25) is 0 Å². The van der Waals surface area contributed by atoms with Gasteiger partial charge in [0, 0.05) is 32.8 Å². The van der Waals surface area contributed by atoms with E-state index in [1.54, 1.807) is 7.11 Å². The van der Waals surface area contributed by atoms with Crippen molar-refractivity contribution in [2.45, 2.75) is 39.5 Å². The molecule has 0 bridgehead atoms. The third-order valence-electron chi connectivity index (χ3n) is 3.57. The molecular formula is C19H33N3O2. The minimum Gasteiger partial charge on any atom is -0.497 e. The molecule has 0 aliphatic rings. The molecular weight excluding hydrogens is 302 g/mol. The second kappa shape index (κ2) is 13.7. The van der Waals surface area contributed by atoms with E-state index in [1.165, 1.54) is 12.0 Å². The zero-order valence-corrected chi connectivity index (χ0v) is 15.4. The quantitative estimate of drug-likeness (QED) is 0.350. The summed E-state index contributed by atoms with van der Waals surface area (Å²) in [5.74, 6) is 1.77. The number of aliphatic imine (C=N–C) groups is 1. The molecule has 0 aliphatic carbocycles. The summed E-state index contributed by atoms with van der Waals surface area (Å²) in [6.45, 7) is 8.40. The van der Waals surface area contributed by atoms with E-state index in [0.717, 1.165) is 63.8 Å². The Morgan fingerprint density at radius 3 is 2.46 bits per heavy atom. The summed E-state index contributed by atoms with van der Waals surface area (Å²) in [7, 11) is 1.69. The fourth-order valence-electron chi connectivity index (χ4n) is 2.17. The normalized spacial score (nSPS) is 11.4. The Bertz CT molecular complexity index is 446. The van der Waals surface area contributed by atoms with Crippen molar-refractivity contribution < 1.29 is 9.47 Å². The SMILES string of the molecule is CCCCOCCCN=C(NCC)NCCc1ccc(OC)cc1. The lowest BCUT2D eigenvalue weighted by molar-refractivity contribution is 0.130. The molecule has 0 unspecified atom stereocenters. The van der Waals surface area contributed by atoms with Crippen LogP contribution in [0.2, 0.25) is 0 Å². The van der Waals surface area contributed by atoms with Crippen LogP contribution in [0.1, 0.15) is 38.7 Å². The molecule has 24 heavy (non-hydrogen) atoms. The maximum absolute atomic E-state index is 5.55. The summed E-state index contributed by atoms with van der Waals surface area (Å²) in [4.78, 5) is 4.58. The lowest BCUT2D eigenvalue weighted by Gasteiger charge is -2.11. The van der Waals surface area contributed by atoms with Gasteiger partial charge in [0.1, 0.15) is 5.75 Å². The van der Waals surface area contributed by atoms with Crippen molar-refractivity contribution >= 4 is 5.96 Å². The van der Waals surface area contributed by atoms with Crippen molar-refractivity contribution in [1.29, 1.82) is 0 Å². The average Bonchev–Trinajstić information content (AvgIpc) is 2.61. The third kappa shape index (κ3) is 9.40. The Labute approximate surface area is 146 Å². The highest BCUT2D eigenvalue weighted by molar-refractivity contribution is 5.79. The van der Waals surface area contributed by atoms with Gasteiger partial charge in [-0.25, -0.2) is 0 Å². The highest BCUT2D eigenvalue weighted by Crippen LogP contribution is 2.11. The first-order chi connectivity index (χ1) is 11.8. The van der Waals surface area contributed by atoms with Crippen LogP contribution in [0, 0.1) is 0 Å². The Morgan fingerprint density at radius 2 is 1.79 bits per heavy atom. The van der Waals surface area contributed by atoms with Gasteiger partial charge in [-0.15, -0.1) is 0 Å². The first-order valence-corrected chi connectivity index (χ1v) is 9.03. The molecule has 5 heteroatoms. The fraction of sp³-hybridized carbons (Fsp3) is 0.632. The van der Waals surface area contributed by atoms with E-state index in [1.807, 2.05) is 12.1 Å². The van der Waals surface area contributed by atoms with Gasteiger partial charge in [0.25, 0.3) is 0 Å². The number of hydrogen-bond donors (Lipinski definition) is 2. The molecule has 2 N–H and O–H groups in total. The van der Waals surface area contributed by atoms with Crippen molar-refractivity contribution in [3.05, 3.63) is 29.8 Å². The van der Waals surface area contributed by atoms with Gasteiger partial charge in [0.15, 0.2) is 5.96 Å². The monoisotopic (exact) mass is 335 g/mol. The summed E-state index contributed by atoms with van der Waals surface area (Å²) in [5.41, 5.74) is 1.28. The summed E-state index contributed by atoms with van der Waals surface area (Å²) in [6, 6.07) is 8.18. The lowest BCUT2D eigenvalue weighted by atomic mass is 10.1. The first-order valence-electron chi connectivity index (χ1n) is 9.03. The molecule has 0 radical (unpaired) electrons. The number of guanidine groups is 1. The van der Waals surface area contributed by atoms with Crippen LogP contribution < -0.4 is 15.4 Å². The molecule has 136 valence electrons. The molecule has 0 saturated heterocycles. The fourth-order valence-corrected chi connectivity index (χ4v) is 2.17. The van der Waals surface area contributed by atoms with Gasteiger partial charge in [-0.2, -0.15) is 0 Å². The number of nitrogens with one attached hydrogen (secondary N) is 2. The number of benzene rings is 1. The molecule has 0 saturated carbocycles. The second-order valence-corrected chi connectivity index (χ2v) is 5.60. The third-order valence-corrected chi connectivity index (χ3v) is 3.57. The minimum atomic E-state index is 0.782. The van der Waals surface area contributed by atoms with Gasteiger partial charge in [-0.3, -0.25) is 4.99 Å². The molecule has 1 aromatic rings. The Balaban J connectivity index is 2.24. The summed E-state index contributed by atoms with van der Waals surface area (Å²) in [6.07, 6.45) is 4.23. The predicted octanol–water partition coefficient (Wildman–Crippen LogP) is 3.00. The maximum atomic E-state index is 5.55. The first kappa shape index (κ1) is 20.3. The van der Waals surface area contributed by atoms with Crippen LogP contribution in [0.4, 0.5) is 0 Å². The van der Waals surface area contributed by atoms with E-state index in [4.69, 9.17) is 9.47 Å². The van der Waals surface area contributed by atoms with Crippen LogP contribution >= 0.6 is 0 Å². The Morgan fingerprint density at radius 1 is 1.04 bits per heavy atom. The second-order valence-electron chi connectivity index (χ2n) is 5.60. The molecule has 0 aromatic heterocycles. The Hall–Kier alpha value is -1.75. The van der Waals surface area contributed by atoms with Crippen molar-refractivity contribution in [3.63, 3.8) is 0 Å². The van der Waals surface area contributed by atoms with Crippen LogP contribution in [0.5, 0.6) is 5.75 Å². The predicted molar refractivity (Wildman–Crippen MR) is 101 cm³/mol. The maximum Gasteiger partial charge on any atom is 0.191 e. The van der Waals surface area contributed by atoms with Crippen molar-refractivity contribution in [1.82, 2.24) is 10.6 Å². The molecule has 0 amide bonds. The number of ether oxygens (including phenoxy) is 2. The van der Waals surface area contributed by atoms with Crippen LogP contribution in [-0.4, -0.2) is 45.9 Å². The molecule has 0 aliphatic heterocycles. The molecule has 0 spiro atoms. The number of rotatable bonds is 12. The van der Waals surface area contributed by atoms with Crippen molar-refractivity contribution in [3.8, 4) is 5.75 Å². The highest BCUT2D eigenvalue weighted by Gasteiger charge is 1.98. The topological polar surface area (TPSA) is 54.9 Å². The van der Waals surface area contributed by atoms with E-state index >= 15 is 0 Å². The van der Waals surface area contributed by atoms with Crippen LogP contribution in [0.3, 0.4) is 0 Å². The zero-order chi connectivity index (χ0) is 17.5. The zero-order valence-electron chi connectivity index (χ0n) is 15.4. The van der Waals surface area contributed by atoms with Gasteiger partial charge < -0.3 is 20.1 Å². The van der Waals surface area contributed by atoms with E-state index in [9.17, 15) is 0 Å². The largest absolute Gasteiger partial charge is 0.497 e. The lowest BCUT2D eigenvalue weighted by Crippen LogP contribution is -2.38. The van der Waals surface area contributed by atoms with Crippen molar-refractivity contribution in [2.75, 3.05) is 40.0 Å². The van der Waals surface area contributed by atoms with Gasteiger partial charge >= 0.3 is 0 Å². The molecule has 0 fully saturated rings. The summed E-state index contributed by atoms with van der Waals surface area (Å²) < 4.78 is 10.7. The van der Waals surface area contributed by atoms with Gasteiger partial charge in [-0.1, -0.05) is 25.5 Å². The van der Waals surface area contributed by atoms with Crippen LogP contribution in [0.15, 0.2) is 29.3 Å².